The van der Waals surface area contributed by atoms with Crippen LogP contribution in [0.15, 0.2) is 40.2 Å². The first-order valence-electron chi connectivity index (χ1n) is 10.9. The van der Waals surface area contributed by atoms with Gasteiger partial charge in [-0.05, 0) is 25.8 Å². The number of ether oxygens (including phenoxy) is 1. The molecule has 14 heteroatoms. The zero-order valence-corrected chi connectivity index (χ0v) is 18.7. The van der Waals surface area contributed by atoms with Gasteiger partial charge in [0.15, 0.2) is 6.10 Å². The van der Waals surface area contributed by atoms with Crippen LogP contribution in [0, 0.1) is 6.92 Å². The summed E-state index contributed by atoms with van der Waals surface area (Å²) in [5.74, 6) is -3.21. The second-order valence-electron chi connectivity index (χ2n) is 8.85. The van der Waals surface area contributed by atoms with Gasteiger partial charge in [-0.3, -0.25) is 14.8 Å². The third kappa shape index (κ3) is 4.20. The molecule has 0 radical (unpaired) electrons. The standard InChI is InChI=1S/C22H19F5N6O3/c1-11-30-14(13-8-29-19(35)32-18(13)34)7-17(31-11)33-9-16(21(23,24)10-33)36-12-2-5-28-15(6-12)20(3-4-20)22(25,26)27/h2,5-8,16H,3-4,9-10H2,1H3,(H2,29,32,34,35)/t16-/m0/s1. The number of aryl methyl sites for hydroxylation is 1. The van der Waals surface area contributed by atoms with Gasteiger partial charge in [0, 0.05) is 24.5 Å². The predicted octanol–water partition coefficient (Wildman–Crippen LogP) is 2.72. The van der Waals surface area contributed by atoms with Crippen molar-refractivity contribution in [2.24, 2.45) is 0 Å². The van der Waals surface area contributed by atoms with Crippen LogP contribution in [0.25, 0.3) is 11.3 Å². The molecule has 0 unspecified atom stereocenters. The number of halogens is 5. The Labute approximate surface area is 199 Å². The topological polar surface area (TPSA) is 117 Å². The lowest BCUT2D eigenvalue weighted by Gasteiger charge is -2.22. The minimum atomic E-state index is -4.50. The van der Waals surface area contributed by atoms with Crippen LogP contribution in [0.2, 0.25) is 0 Å². The van der Waals surface area contributed by atoms with Crippen LogP contribution in [0.4, 0.5) is 27.8 Å². The van der Waals surface area contributed by atoms with E-state index < -0.39 is 41.4 Å². The Hall–Kier alpha value is -3.84. The van der Waals surface area contributed by atoms with Crippen molar-refractivity contribution >= 4 is 5.82 Å². The van der Waals surface area contributed by atoms with Crippen molar-refractivity contribution in [3.63, 3.8) is 0 Å². The molecule has 1 atom stereocenters. The van der Waals surface area contributed by atoms with Crippen LogP contribution in [0.5, 0.6) is 5.75 Å². The quantitative estimate of drug-likeness (QED) is 0.507. The predicted molar refractivity (Wildman–Crippen MR) is 116 cm³/mol. The van der Waals surface area contributed by atoms with Gasteiger partial charge < -0.3 is 14.6 Å². The van der Waals surface area contributed by atoms with Crippen molar-refractivity contribution in [3.8, 4) is 17.0 Å². The lowest BCUT2D eigenvalue weighted by Crippen LogP contribution is -2.36. The Morgan fingerprint density at radius 1 is 1.17 bits per heavy atom. The smallest absolute Gasteiger partial charge is 0.399 e. The number of alkyl halides is 5. The summed E-state index contributed by atoms with van der Waals surface area (Å²) in [6.07, 6.45) is -4.14. The van der Waals surface area contributed by atoms with Gasteiger partial charge in [-0.2, -0.15) is 13.2 Å². The number of aromatic amines is 2. The molecule has 190 valence electrons. The number of rotatable bonds is 5. The number of hydrogen-bond acceptors (Lipinski definition) is 7. The fraction of sp³-hybridized carbons (Fsp3) is 0.409. The monoisotopic (exact) mass is 510 g/mol. The Kier molecular flexibility index (Phi) is 5.37. The van der Waals surface area contributed by atoms with Gasteiger partial charge in [-0.25, -0.2) is 23.5 Å². The lowest BCUT2D eigenvalue weighted by molar-refractivity contribution is -0.161. The Bertz CT molecular complexity index is 1430. The minimum Gasteiger partial charge on any atom is -0.482 e. The van der Waals surface area contributed by atoms with E-state index in [0.717, 1.165) is 18.5 Å². The number of anilines is 1. The van der Waals surface area contributed by atoms with Gasteiger partial charge in [0.05, 0.1) is 30.0 Å². The number of hydrogen-bond donors (Lipinski definition) is 2. The minimum absolute atomic E-state index is 0.0168. The average molecular weight is 510 g/mol. The first-order valence-corrected chi connectivity index (χ1v) is 10.9. The van der Waals surface area contributed by atoms with Gasteiger partial charge >= 0.3 is 17.8 Å². The zero-order chi connectivity index (χ0) is 25.9. The highest BCUT2D eigenvalue weighted by molar-refractivity contribution is 5.61. The number of H-pyrrole nitrogens is 2. The number of nitrogens with one attached hydrogen (secondary N) is 2. The normalized spacial score (nSPS) is 20.4. The summed E-state index contributed by atoms with van der Waals surface area (Å²) in [5.41, 5.74) is -3.61. The maximum Gasteiger partial charge on any atom is 0.399 e. The summed E-state index contributed by atoms with van der Waals surface area (Å²) in [5, 5.41) is 0. The van der Waals surface area contributed by atoms with Crippen LogP contribution in [0.1, 0.15) is 24.4 Å². The zero-order valence-electron chi connectivity index (χ0n) is 18.7. The molecule has 3 aromatic rings. The molecule has 9 nitrogen and oxygen atoms in total. The van der Waals surface area contributed by atoms with Crippen LogP contribution in [-0.2, 0) is 5.41 Å². The summed E-state index contributed by atoms with van der Waals surface area (Å²) in [4.78, 5) is 41.2. The number of aromatic nitrogens is 5. The molecule has 5 rings (SSSR count). The van der Waals surface area contributed by atoms with Gasteiger partial charge in [0.2, 0.25) is 0 Å². The summed E-state index contributed by atoms with van der Waals surface area (Å²) in [6, 6.07) is 3.64. The molecule has 0 amide bonds. The summed E-state index contributed by atoms with van der Waals surface area (Å²) in [7, 11) is 0. The molecule has 0 aromatic carbocycles. The first kappa shape index (κ1) is 23.9. The highest BCUT2D eigenvalue weighted by atomic mass is 19.4. The van der Waals surface area contributed by atoms with Crippen molar-refractivity contribution in [1.82, 2.24) is 24.9 Å². The molecule has 1 saturated carbocycles. The second-order valence-corrected chi connectivity index (χ2v) is 8.85. The van der Waals surface area contributed by atoms with Crippen molar-refractivity contribution in [2.45, 2.75) is 43.4 Å². The first-order chi connectivity index (χ1) is 16.9. The number of pyridine rings is 1. The fourth-order valence-electron chi connectivity index (χ4n) is 4.22. The van der Waals surface area contributed by atoms with Crippen molar-refractivity contribution in [3.05, 3.63) is 62.9 Å². The molecule has 1 saturated heterocycles. The van der Waals surface area contributed by atoms with E-state index in [1.165, 1.54) is 24.0 Å². The van der Waals surface area contributed by atoms with Gasteiger partial charge in [-0.15, -0.1) is 0 Å². The molecule has 3 aromatic heterocycles. The van der Waals surface area contributed by atoms with E-state index in [2.05, 4.69) is 24.9 Å². The summed E-state index contributed by atoms with van der Waals surface area (Å²) < 4.78 is 75.6. The Balaban J connectivity index is 1.40. The molecular weight excluding hydrogens is 491 g/mol. The second kappa shape index (κ2) is 8.10. The van der Waals surface area contributed by atoms with Crippen LogP contribution in [-0.4, -0.2) is 56.2 Å². The van der Waals surface area contributed by atoms with Crippen molar-refractivity contribution in [2.75, 3.05) is 18.0 Å². The van der Waals surface area contributed by atoms with E-state index in [0.29, 0.717) is 0 Å². The van der Waals surface area contributed by atoms with Crippen LogP contribution >= 0.6 is 0 Å². The molecule has 1 aliphatic carbocycles. The SMILES string of the molecule is Cc1nc(-c2c[nH]c(=O)[nH]c2=O)cc(N2C[C@H](Oc3ccnc(C4(C(F)(F)F)CC4)c3)C(F)(F)C2)n1. The van der Waals surface area contributed by atoms with E-state index in [4.69, 9.17) is 4.74 Å². The molecular formula is C22H19F5N6O3. The van der Waals surface area contributed by atoms with Gasteiger partial charge in [0.1, 0.15) is 22.8 Å². The summed E-state index contributed by atoms with van der Waals surface area (Å²) >= 11 is 0. The third-order valence-electron chi connectivity index (χ3n) is 6.30. The Morgan fingerprint density at radius 3 is 2.58 bits per heavy atom. The van der Waals surface area contributed by atoms with Crippen molar-refractivity contribution in [1.29, 1.82) is 0 Å². The highest BCUT2D eigenvalue weighted by Crippen LogP contribution is 2.58. The molecule has 0 bridgehead atoms. The van der Waals surface area contributed by atoms with E-state index in [9.17, 15) is 31.5 Å². The molecule has 2 N–H and O–H groups in total. The highest BCUT2D eigenvalue weighted by Gasteiger charge is 2.65. The lowest BCUT2D eigenvalue weighted by atomic mass is 10.0. The van der Waals surface area contributed by atoms with Crippen molar-refractivity contribution < 1.29 is 26.7 Å². The van der Waals surface area contributed by atoms with E-state index in [-0.39, 0.29) is 53.7 Å². The summed E-state index contributed by atoms with van der Waals surface area (Å²) in [6.45, 7) is 0.412. The molecule has 1 aliphatic heterocycles. The Morgan fingerprint density at radius 2 is 1.92 bits per heavy atom. The molecule has 2 aliphatic rings. The largest absolute Gasteiger partial charge is 0.482 e. The van der Waals surface area contributed by atoms with E-state index in [1.54, 1.807) is 0 Å². The molecule has 0 spiro atoms. The molecule has 36 heavy (non-hydrogen) atoms. The van der Waals surface area contributed by atoms with Crippen LogP contribution in [0.3, 0.4) is 0 Å². The van der Waals surface area contributed by atoms with E-state index in [1.807, 2.05) is 0 Å². The maximum atomic E-state index is 14.9. The average Bonchev–Trinajstić information content (AvgIpc) is 3.55. The molecule has 4 heterocycles. The van der Waals surface area contributed by atoms with Gasteiger partial charge in [-0.1, -0.05) is 0 Å². The third-order valence-corrected chi connectivity index (χ3v) is 6.30. The van der Waals surface area contributed by atoms with E-state index >= 15 is 0 Å². The van der Waals surface area contributed by atoms with Crippen LogP contribution < -0.4 is 20.9 Å². The van der Waals surface area contributed by atoms with Gasteiger partial charge in [0.25, 0.3) is 5.56 Å². The maximum absolute atomic E-state index is 14.9. The fourth-order valence-corrected chi connectivity index (χ4v) is 4.22. The number of nitrogens with zero attached hydrogens (tertiary/aromatic N) is 4. The molecule has 2 fully saturated rings.